The van der Waals surface area contributed by atoms with Gasteiger partial charge in [-0.3, -0.25) is 14.9 Å². The van der Waals surface area contributed by atoms with Crippen molar-refractivity contribution in [2.45, 2.75) is 66.2 Å². The predicted molar refractivity (Wildman–Crippen MR) is 141 cm³/mol. The van der Waals surface area contributed by atoms with Gasteiger partial charge in [-0.2, -0.15) is 0 Å². The quantitative estimate of drug-likeness (QED) is 0.220. The number of carbonyl (C=O) groups excluding carboxylic acids is 3. The zero-order valence-electron chi connectivity index (χ0n) is 21.7. The standard InChI is InChI=1S/C29H36N2O5/c1-5-7-8-9-10-11-16-36-25-15-13-22(19-26(25)35-6-2)18-24-27(32)30-29(34)31(28(24)33)23-14-12-20(3)21(4)17-23/h12-15,17-19H,5-11,16H2,1-4H3,(H,30,32,34)/b24-18-. The molecule has 1 heterocycles. The van der Waals surface area contributed by atoms with Crippen LogP contribution in [-0.4, -0.2) is 31.1 Å². The second kappa shape index (κ2) is 12.9. The number of rotatable bonds is 12. The molecule has 3 rings (SSSR count). The van der Waals surface area contributed by atoms with Gasteiger partial charge in [-0.15, -0.1) is 0 Å². The Morgan fingerprint density at radius 1 is 0.833 bits per heavy atom. The summed E-state index contributed by atoms with van der Waals surface area (Å²) in [6, 6.07) is 9.81. The second-order valence-electron chi connectivity index (χ2n) is 8.98. The summed E-state index contributed by atoms with van der Waals surface area (Å²) in [4.78, 5) is 39.3. The smallest absolute Gasteiger partial charge is 0.335 e. The summed E-state index contributed by atoms with van der Waals surface area (Å²) in [5.74, 6) is -0.234. The van der Waals surface area contributed by atoms with Gasteiger partial charge in [-0.25, -0.2) is 9.69 Å². The number of benzene rings is 2. The van der Waals surface area contributed by atoms with Gasteiger partial charge in [0, 0.05) is 0 Å². The van der Waals surface area contributed by atoms with Crippen LogP contribution < -0.4 is 19.7 Å². The number of unbranched alkanes of at least 4 members (excludes halogenated alkanes) is 5. The molecule has 1 N–H and O–H groups in total. The van der Waals surface area contributed by atoms with Gasteiger partial charge in [0.15, 0.2) is 11.5 Å². The summed E-state index contributed by atoms with van der Waals surface area (Å²) in [5, 5.41) is 2.27. The van der Waals surface area contributed by atoms with Crippen molar-refractivity contribution in [1.82, 2.24) is 5.32 Å². The summed E-state index contributed by atoms with van der Waals surface area (Å²) in [6.07, 6.45) is 8.52. The molecular formula is C29H36N2O5. The minimum atomic E-state index is -0.765. The van der Waals surface area contributed by atoms with Crippen molar-refractivity contribution in [1.29, 1.82) is 0 Å². The van der Waals surface area contributed by atoms with Crippen LogP contribution in [0.4, 0.5) is 10.5 Å². The highest BCUT2D eigenvalue weighted by molar-refractivity contribution is 6.39. The minimum absolute atomic E-state index is 0.129. The van der Waals surface area contributed by atoms with Gasteiger partial charge in [0.25, 0.3) is 11.8 Å². The molecule has 0 spiro atoms. The molecule has 0 aliphatic carbocycles. The summed E-state index contributed by atoms with van der Waals surface area (Å²) in [7, 11) is 0. The first-order valence-electron chi connectivity index (χ1n) is 12.7. The first kappa shape index (κ1) is 27.0. The lowest BCUT2D eigenvalue weighted by Gasteiger charge is -2.27. The summed E-state index contributed by atoms with van der Waals surface area (Å²) in [6.45, 7) is 8.98. The van der Waals surface area contributed by atoms with E-state index in [1.807, 2.05) is 26.8 Å². The van der Waals surface area contributed by atoms with E-state index >= 15 is 0 Å². The Bertz CT molecular complexity index is 1140. The largest absolute Gasteiger partial charge is 0.490 e. The third-order valence-electron chi connectivity index (χ3n) is 6.18. The van der Waals surface area contributed by atoms with Crippen LogP contribution in [-0.2, 0) is 9.59 Å². The van der Waals surface area contributed by atoms with Crippen molar-refractivity contribution in [3.63, 3.8) is 0 Å². The molecule has 7 nitrogen and oxygen atoms in total. The Labute approximate surface area is 213 Å². The molecule has 2 aromatic carbocycles. The number of hydrogen-bond acceptors (Lipinski definition) is 5. The fourth-order valence-electron chi connectivity index (χ4n) is 3.99. The molecule has 0 unspecified atom stereocenters. The lowest BCUT2D eigenvalue weighted by atomic mass is 10.0. The summed E-state index contributed by atoms with van der Waals surface area (Å²) in [5.41, 5.74) is 2.85. The van der Waals surface area contributed by atoms with Crippen molar-refractivity contribution in [3.05, 3.63) is 58.7 Å². The lowest BCUT2D eigenvalue weighted by molar-refractivity contribution is -0.122. The van der Waals surface area contributed by atoms with Gasteiger partial charge in [-0.05, 0) is 74.2 Å². The van der Waals surface area contributed by atoms with Crippen LogP contribution in [0.25, 0.3) is 6.08 Å². The van der Waals surface area contributed by atoms with Crippen molar-refractivity contribution in [2.75, 3.05) is 18.1 Å². The van der Waals surface area contributed by atoms with Gasteiger partial charge in [0.1, 0.15) is 5.57 Å². The molecule has 0 atom stereocenters. The summed E-state index contributed by atoms with van der Waals surface area (Å²) >= 11 is 0. The van der Waals surface area contributed by atoms with E-state index in [0.29, 0.717) is 36.0 Å². The Kier molecular flexibility index (Phi) is 9.68. The number of carbonyl (C=O) groups is 3. The second-order valence-corrected chi connectivity index (χ2v) is 8.98. The molecular weight excluding hydrogens is 456 g/mol. The zero-order valence-corrected chi connectivity index (χ0v) is 21.7. The van der Waals surface area contributed by atoms with Gasteiger partial charge in [-0.1, -0.05) is 51.2 Å². The van der Waals surface area contributed by atoms with E-state index in [-0.39, 0.29) is 5.57 Å². The van der Waals surface area contributed by atoms with Gasteiger partial charge < -0.3 is 9.47 Å². The highest BCUT2D eigenvalue weighted by Gasteiger charge is 2.37. The number of ether oxygens (including phenoxy) is 2. The third kappa shape index (κ3) is 6.74. The van der Waals surface area contributed by atoms with Gasteiger partial charge in [0.2, 0.25) is 0 Å². The van der Waals surface area contributed by atoms with Crippen LogP contribution >= 0.6 is 0 Å². The average Bonchev–Trinajstić information content (AvgIpc) is 2.84. The number of anilines is 1. The van der Waals surface area contributed by atoms with E-state index in [1.165, 1.54) is 31.8 Å². The van der Waals surface area contributed by atoms with E-state index in [9.17, 15) is 14.4 Å². The monoisotopic (exact) mass is 492 g/mol. The maximum atomic E-state index is 13.2. The Morgan fingerprint density at radius 2 is 1.58 bits per heavy atom. The third-order valence-corrected chi connectivity index (χ3v) is 6.18. The molecule has 192 valence electrons. The molecule has 0 radical (unpaired) electrons. The number of nitrogens with one attached hydrogen (secondary N) is 1. The Balaban J connectivity index is 1.78. The Morgan fingerprint density at radius 3 is 2.31 bits per heavy atom. The molecule has 0 bridgehead atoms. The van der Waals surface area contributed by atoms with Crippen molar-refractivity contribution in [2.24, 2.45) is 0 Å². The number of nitrogens with zero attached hydrogens (tertiary/aromatic N) is 1. The molecule has 1 aliphatic rings. The van der Waals surface area contributed by atoms with E-state index in [1.54, 1.807) is 30.3 Å². The van der Waals surface area contributed by atoms with Crippen molar-refractivity contribution >= 4 is 29.6 Å². The number of hydrogen-bond donors (Lipinski definition) is 1. The number of barbiturate groups is 1. The summed E-state index contributed by atoms with van der Waals surface area (Å²) < 4.78 is 11.7. The Hall–Kier alpha value is -3.61. The fourth-order valence-corrected chi connectivity index (χ4v) is 3.99. The molecule has 0 saturated carbocycles. The minimum Gasteiger partial charge on any atom is -0.490 e. The van der Waals surface area contributed by atoms with Crippen LogP contribution in [0.3, 0.4) is 0 Å². The SMILES string of the molecule is CCCCCCCCOc1ccc(/C=C2/C(=O)NC(=O)N(c3ccc(C)c(C)c3)C2=O)cc1OCC. The first-order chi connectivity index (χ1) is 17.3. The van der Waals surface area contributed by atoms with Crippen LogP contribution in [0.2, 0.25) is 0 Å². The molecule has 36 heavy (non-hydrogen) atoms. The van der Waals surface area contributed by atoms with E-state index in [4.69, 9.17) is 9.47 Å². The van der Waals surface area contributed by atoms with Crippen LogP contribution in [0.5, 0.6) is 11.5 Å². The average molecular weight is 493 g/mol. The van der Waals surface area contributed by atoms with Crippen LogP contribution in [0, 0.1) is 13.8 Å². The molecule has 4 amide bonds. The maximum absolute atomic E-state index is 13.2. The van der Waals surface area contributed by atoms with Gasteiger partial charge >= 0.3 is 6.03 Å². The van der Waals surface area contributed by atoms with E-state index in [2.05, 4.69) is 12.2 Å². The molecule has 1 fully saturated rings. The normalized spacial score (nSPS) is 14.8. The topological polar surface area (TPSA) is 84.9 Å². The number of imide groups is 2. The molecule has 0 aromatic heterocycles. The number of urea groups is 1. The highest BCUT2D eigenvalue weighted by atomic mass is 16.5. The molecule has 7 heteroatoms. The maximum Gasteiger partial charge on any atom is 0.335 e. The number of amides is 4. The molecule has 1 saturated heterocycles. The molecule has 2 aromatic rings. The van der Waals surface area contributed by atoms with Crippen LogP contribution in [0.15, 0.2) is 42.0 Å². The predicted octanol–water partition coefficient (Wildman–Crippen LogP) is 6.11. The first-order valence-corrected chi connectivity index (χ1v) is 12.7. The number of aryl methyl sites for hydroxylation is 2. The zero-order chi connectivity index (χ0) is 26.1. The van der Waals surface area contributed by atoms with Gasteiger partial charge in [0.05, 0.1) is 18.9 Å². The van der Waals surface area contributed by atoms with Crippen LogP contribution in [0.1, 0.15) is 69.1 Å². The van der Waals surface area contributed by atoms with Crippen molar-refractivity contribution < 1.29 is 23.9 Å². The lowest BCUT2D eigenvalue weighted by Crippen LogP contribution is -2.54. The molecule has 1 aliphatic heterocycles. The van der Waals surface area contributed by atoms with Crippen molar-refractivity contribution in [3.8, 4) is 11.5 Å². The highest BCUT2D eigenvalue weighted by Crippen LogP contribution is 2.31. The fraction of sp³-hybridized carbons (Fsp3) is 0.414. The van der Waals surface area contributed by atoms with E-state index < -0.39 is 17.8 Å². The van der Waals surface area contributed by atoms with E-state index in [0.717, 1.165) is 28.9 Å².